The largest absolute Gasteiger partial charge is 0.388 e. The zero-order chi connectivity index (χ0) is 14.8. The maximum absolute atomic E-state index is 10.5. The minimum Gasteiger partial charge on any atom is -0.388 e. The van der Waals surface area contributed by atoms with Crippen molar-refractivity contribution in [3.63, 3.8) is 0 Å². The molecule has 1 nitrogen and oxygen atoms in total. The average Bonchev–Trinajstić information content (AvgIpc) is 2.50. The first kappa shape index (κ1) is 14.9. The van der Waals surface area contributed by atoms with Crippen molar-refractivity contribution in [1.82, 2.24) is 0 Å². The van der Waals surface area contributed by atoms with Gasteiger partial charge in [-0.1, -0.05) is 53.5 Å². The second kappa shape index (κ2) is 6.39. The second-order valence-corrected chi connectivity index (χ2v) is 6.53. The predicted octanol–water partition coefficient (Wildman–Crippen LogP) is 5.54. The fourth-order valence-electron chi connectivity index (χ4n) is 3.22. The monoisotopic (exact) mass is 320 g/mol. The number of rotatable bonds is 3. The number of halogens is 2. The summed E-state index contributed by atoms with van der Waals surface area (Å²) in [6.45, 7) is 0. The molecule has 2 unspecified atom stereocenters. The van der Waals surface area contributed by atoms with E-state index in [0.29, 0.717) is 16.0 Å². The Morgan fingerprint density at radius 3 is 2.71 bits per heavy atom. The van der Waals surface area contributed by atoms with Gasteiger partial charge in [0.25, 0.3) is 0 Å². The summed E-state index contributed by atoms with van der Waals surface area (Å²) >= 11 is 12.0. The summed E-state index contributed by atoms with van der Waals surface area (Å²) < 4.78 is 0. The van der Waals surface area contributed by atoms with E-state index in [1.165, 1.54) is 17.5 Å². The SMILES string of the molecule is OC(CC1CCCc2ccccc21)c1ccc(Cl)c(Cl)c1. The van der Waals surface area contributed by atoms with E-state index in [1.807, 2.05) is 6.07 Å². The van der Waals surface area contributed by atoms with E-state index >= 15 is 0 Å². The molecule has 3 heteroatoms. The minimum atomic E-state index is -0.504. The van der Waals surface area contributed by atoms with Crippen LogP contribution in [0.5, 0.6) is 0 Å². The van der Waals surface area contributed by atoms with Gasteiger partial charge in [-0.05, 0) is 60.4 Å². The van der Waals surface area contributed by atoms with Crippen LogP contribution in [0.3, 0.4) is 0 Å². The summed E-state index contributed by atoms with van der Waals surface area (Å²) in [7, 11) is 0. The molecular weight excluding hydrogens is 303 g/mol. The summed E-state index contributed by atoms with van der Waals surface area (Å²) in [5.74, 6) is 0.416. The average molecular weight is 321 g/mol. The van der Waals surface area contributed by atoms with Gasteiger partial charge in [-0.3, -0.25) is 0 Å². The van der Waals surface area contributed by atoms with Crippen molar-refractivity contribution in [1.29, 1.82) is 0 Å². The smallest absolute Gasteiger partial charge is 0.0796 e. The van der Waals surface area contributed by atoms with Crippen molar-refractivity contribution in [2.24, 2.45) is 0 Å². The fraction of sp³-hybridized carbons (Fsp3) is 0.333. The Kier molecular flexibility index (Phi) is 4.54. The number of aliphatic hydroxyl groups is 1. The number of fused-ring (bicyclic) bond motifs is 1. The molecule has 0 radical (unpaired) electrons. The Bertz CT molecular complexity index is 639. The van der Waals surface area contributed by atoms with Crippen molar-refractivity contribution in [2.75, 3.05) is 0 Å². The van der Waals surface area contributed by atoms with Gasteiger partial charge in [0.2, 0.25) is 0 Å². The molecule has 2 aromatic carbocycles. The lowest BCUT2D eigenvalue weighted by Gasteiger charge is -2.27. The van der Waals surface area contributed by atoms with Gasteiger partial charge in [0.1, 0.15) is 0 Å². The van der Waals surface area contributed by atoms with Crippen molar-refractivity contribution in [3.05, 3.63) is 69.2 Å². The number of aryl methyl sites for hydroxylation is 1. The molecule has 0 fully saturated rings. The Hall–Kier alpha value is -1.02. The quantitative estimate of drug-likeness (QED) is 0.787. The first-order chi connectivity index (χ1) is 10.1. The Balaban J connectivity index is 1.79. The summed E-state index contributed by atoms with van der Waals surface area (Å²) in [6.07, 6.45) is 3.70. The number of hydrogen-bond acceptors (Lipinski definition) is 1. The van der Waals surface area contributed by atoms with Crippen LogP contribution < -0.4 is 0 Å². The molecule has 110 valence electrons. The highest BCUT2D eigenvalue weighted by atomic mass is 35.5. The highest BCUT2D eigenvalue weighted by molar-refractivity contribution is 6.42. The second-order valence-electron chi connectivity index (χ2n) is 5.71. The summed E-state index contributed by atoms with van der Waals surface area (Å²) in [5.41, 5.74) is 3.66. The lowest BCUT2D eigenvalue weighted by atomic mass is 9.79. The van der Waals surface area contributed by atoms with Gasteiger partial charge in [0, 0.05) is 0 Å². The molecule has 0 aliphatic heterocycles. The van der Waals surface area contributed by atoms with E-state index in [-0.39, 0.29) is 0 Å². The van der Waals surface area contributed by atoms with Crippen LogP contribution in [0.4, 0.5) is 0 Å². The molecule has 0 heterocycles. The van der Waals surface area contributed by atoms with Gasteiger partial charge in [0.05, 0.1) is 16.1 Å². The summed E-state index contributed by atoms with van der Waals surface area (Å²) in [6, 6.07) is 13.9. The Labute approximate surface area is 135 Å². The van der Waals surface area contributed by atoms with E-state index < -0.39 is 6.10 Å². The van der Waals surface area contributed by atoms with Crippen LogP contribution in [-0.2, 0) is 6.42 Å². The topological polar surface area (TPSA) is 20.2 Å². The fourth-order valence-corrected chi connectivity index (χ4v) is 3.53. The van der Waals surface area contributed by atoms with Gasteiger partial charge in [0.15, 0.2) is 0 Å². The van der Waals surface area contributed by atoms with Gasteiger partial charge in [-0.2, -0.15) is 0 Å². The Morgan fingerprint density at radius 1 is 1.10 bits per heavy atom. The predicted molar refractivity (Wildman–Crippen MR) is 88.2 cm³/mol. The van der Waals surface area contributed by atoms with Crippen LogP contribution >= 0.6 is 23.2 Å². The third kappa shape index (κ3) is 3.26. The standard InChI is InChI=1S/C18H18Cl2O/c19-16-9-8-14(10-17(16)20)18(21)11-13-6-3-5-12-4-1-2-7-15(12)13/h1-2,4,7-10,13,18,21H,3,5-6,11H2. The summed E-state index contributed by atoms with van der Waals surface area (Å²) in [4.78, 5) is 0. The lowest BCUT2D eigenvalue weighted by Crippen LogP contribution is -2.13. The first-order valence-electron chi connectivity index (χ1n) is 7.36. The number of aliphatic hydroxyl groups excluding tert-OH is 1. The molecule has 2 atom stereocenters. The highest BCUT2D eigenvalue weighted by Crippen LogP contribution is 2.38. The molecule has 1 aliphatic carbocycles. The van der Waals surface area contributed by atoms with Gasteiger partial charge in [-0.25, -0.2) is 0 Å². The molecule has 0 aromatic heterocycles. The lowest BCUT2D eigenvalue weighted by molar-refractivity contribution is 0.154. The van der Waals surface area contributed by atoms with Crippen LogP contribution in [0.2, 0.25) is 10.0 Å². The van der Waals surface area contributed by atoms with Crippen molar-refractivity contribution < 1.29 is 5.11 Å². The van der Waals surface area contributed by atoms with Crippen LogP contribution in [0.25, 0.3) is 0 Å². The van der Waals surface area contributed by atoms with Gasteiger partial charge < -0.3 is 5.11 Å². The van der Waals surface area contributed by atoms with Crippen molar-refractivity contribution >= 4 is 23.2 Å². The van der Waals surface area contributed by atoms with Crippen LogP contribution in [0, 0.1) is 0 Å². The zero-order valence-electron chi connectivity index (χ0n) is 11.7. The van der Waals surface area contributed by atoms with E-state index in [2.05, 4.69) is 24.3 Å². The maximum Gasteiger partial charge on any atom is 0.0796 e. The van der Waals surface area contributed by atoms with E-state index in [1.54, 1.807) is 12.1 Å². The van der Waals surface area contributed by atoms with E-state index in [4.69, 9.17) is 23.2 Å². The molecule has 0 saturated heterocycles. The van der Waals surface area contributed by atoms with Crippen LogP contribution in [-0.4, -0.2) is 5.11 Å². The van der Waals surface area contributed by atoms with Gasteiger partial charge >= 0.3 is 0 Å². The Morgan fingerprint density at radius 2 is 1.90 bits per heavy atom. The van der Waals surface area contributed by atoms with Gasteiger partial charge in [-0.15, -0.1) is 0 Å². The first-order valence-corrected chi connectivity index (χ1v) is 8.11. The van der Waals surface area contributed by atoms with Crippen molar-refractivity contribution in [2.45, 2.75) is 37.7 Å². The van der Waals surface area contributed by atoms with E-state index in [9.17, 15) is 5.11 Å². The number of hydrogen-bond donors (Lipinski definition) is 1. The molecular formula is C18H18Cl2O. The molecule has 0 spiro atoms. The normalized spacial score (nSPS) is 19.1. The van der Waals surface area contributed by atoms with E-state index in [0.717, 1.165) is 24.8 Å². The van der Waals surface area contributed by atoms with Crippen molar-refractivity contribution in [3.8, 4) is 0 Å². The number of benzene rings is 2. The maximum atomic E-state index is 10.5. The third-order valence-electron chi connectivity index (χ3n) is 4.33. The molecule has 21 heavy (non-hydrogen) atoms. The van der Waals surface area contributed by atoms with Crippen LogP contribution in [0.15, 0.2) is 42.5 Å². The molecule has 2 aromatic rings. The molecule has 1 N–H and O–H groups in total. The third-order valence-corrected chi connectivity index (χ3v) is 5.07. The molecule has 0 saturated carbocycles. The molecule has 0 bridgehead atoms. The molecule has 1 aliphatic rings. The minimum absolute atomic E-state index is 0.416. The summed E-state index contributed by atoms with van der Waals surface area (Å²) in [5, 5.41) is 11.5. The highest BCUT2D eigenvalue weighted by Gasteiger charge is 2.23. The molecule has 0 amide bonds. The zero-order valence-corrected chi connectivity index (χ0v) is 13.2. The molecule has 3 rings (SSSR count). The van der Waals surface area contributed by atoms with Crippen LogP contribution in [0.1, 0.15) is 48.0 Å².